The van der Waals surface area contributed by atoms with Crippen LogP contribution in [-0.2, 0) is 0 Å². The Morgan fingerprint density at radius 3 is 2.26 bits per heavy atom. The van der Waals surface area contributed by atoms with Crippen molar-refractivity contribution in [3.63, 3.8) is 0 Å². The molecule has 1 N–H and O–H groups in total. The number of benzene rings is 2. The molecule has 1 unspecified atom stereocenters. The highest BCUT2D eigenvalue weighted by Crippen LogP contribution is 2.28. The molecule has 2 aromatic carbocycles. The van der Waals surface area contributed by atoms with E-state index in [2.05, 4.69) is 25.3 Å². The molecule has 2 heterocycles. The third-order valence-corrected chi connectivity index (χ3v) is 5.59. The molecule has 0 radical (unpaired) electrons. The molecular formula is C27H26N6O2. The van der Waals surface area contributed by atoms with Gasteiger partial charge in [-0.05, 0) is 50.1 Å². The van der Waals surface area contributed by atoms with E-state index >= 15 is 0 Å². The van der Waals surface area contributed by atoms with Crippen molar-refractivity contribution in [2.24, 2.45) is 0 Å². The second-order valence-electron chi connectivity index (χ2n) is 8.10. The van der Waals surface area contributed by atoms with Crippen molar-refractivity contribution in [3.05, 3.63) is 102 Å². The minimum Gasteiger partial charge on any atom is -0.344 e. The van der Waals surface area contributed by atoms with Gasteiger partial charge in [-0.1, -0.05) is 29.8 Å². The fourth-order valence-corrected chi connectivity index (χ4v) is 3.69. The van der Waals surface area contributed by atoms with Gasteiger partial charge in [0, 0.05) is 42.6 Å². The Hall–Kier alpha value is -4.46. The lowest BCUT2D eigenvalue weighted by Gasteiger charge is -2.23. The van der Waals surface area contributed by atoms with Gasteiger partial charge >= 0.3 is 0 Å². The summed E-state index contributed by atoms with van der Waals surface area (Å²) in [5, 5.41) is 2.98. The van der Waals surface area contributed by atoms with Gasteiger partial charge in [0.15, 0.2) is 0 Å². The van der Waals surface area contributed by atoms with Crippen LogP contribution >= 0.6 is 0 Å². The first-order valence-corrected chi connectivity index (χ1v) is 11.3. The molecule has 8 nitrogen and oxygen atoms in total. The van der Waals surface area contributed by atoms with Gasteiger partial charge in [-0.2, -0.15) is 0 Å². The lowest BCUT2D eigenvalue weighted by atomic mass is 10.00. The molecule has 0 aliphatic heterocycles. The first-order valence-electron chi connectivity index (χ1n) is 11.3. The highest BCUT2D eigenvalue weighted by Gasteiger charge is 2.21. The molecule has 4 rings (SSSR count). The molecule has 0 fully saturated rings. The average molecular weight is 467 g/mol. The highest BCUT2D eigenvalue weighted by atomic mass is 16.2. The number of carbonyl (C=O) groups excluding carboxylic acids is 2. The van der Waals surface area contributed by atoms with Crippen LogP contribution in [0.4, 0.5) is 5.69 Å². The largest absolute Gasteiger partial charge is 0.344 e. The molecule has 4 aromatic rings. The van der Waals surface area contributed by atoms with Crippen molar-refractivity contribution in [1.82, 2.24) is 25.3 Å². The number of nitrogens with zero attached hydrogens (tertiary/aromatic N) is 5. The van der Waals surface area contributed by atoms with Gasteiger partial charge < -0.3 is 10.2 Å². The Morgan fingerprint density at radius 1 is 0.914 bits per heavy atom. The SMILES string of the molecule is CCN(C(=O)c1cnccn1)c1cc(C(=O)NC(C)c2cnccn2)cc(-c2ccc(C)cc2)c1. The summed E-state index contributed by atoms with van der Waals surface area (Å²) in [7, 11) is 0. The van der Waals surface area contributed by atoms with E-state index in [1.54, 1.807) is 29.6 Å². The summed E-state index contributed by atoms with van der Waals surface area (Å²) in [5.74, 6) is -0.567. The molecule has 2 amide bonds. The Bertz CT molecular complexity index is 1310. The van der Waals surface area contributed by atoms with E-state index in [0.29, 0.717) is 23.5 Å². The van der Waals surface area contributed by atoms with Gasteiger partial charge in [0.1, 0.15) is 5.69 Å². The summed E-state index contributed by atoms with van der Waals surface area (Å²) >= 11 is 0. The number of nitrogens with one attached hydrogen (secondary N) is 1. The Labute approximate surface area is 204 Å². The van der Waals surface area contributed by atoms with Crippen LogP contribution in [0.5, 0.6) is 0 Å². The molecule has 35 heavy (non-hydrogen) atoms. The second-order valence-corrected chi connectivity index (χ2v) is 8.10. The molecule has 176 valence electrons. The number of rotatable bonds is 7. The minimum atomic E-state index is -0.341. The molecule has 0 spiro atoms. The molecule has 1 atom stereocenters. The normalized spacial score (nSPS) is 11.5. The molecule has 0 aliphatic carbocycles. The topological polar surface area (TPSA) is 101 Å². The maximum absolute atomic E-state index is 13.3. The van der Waals surface area contributed by atoms with Crippen LogP contribution in [0.15, 0.2) is 79.6 Å². The third-order valence-electron chi connectivity index (χ3n) is 5.59. The van der Waals surface area contributed by atoms with E-state index in [9.17, 15) is 9.59 Å². The van der Waals surface area contributed by atoms with Crippen molar-refractivity contribution >= 4 is 17.5 Å². The Morgan fingerprint density at radius 2 is 1.63 bits per heavy atom. The van der Waals surface area contributed by atoms with E-state index in [1.807, 2.05) is 57.2 Å². The van der Waals surface area contributed by atoms with Gasteiger partial charge in [-0.25, -0.2) is 4.98 Å². The number of aromatic nitrogens is 4. The number of aryl methyl sites for hydroxylation is 1. The van der Waals surface area contributed by atoms with Gasteiger partial charge in [-0.3, -0.25) is 24.5 Å². The van der Waals surface area contributed by atoms with Crippen LogP contribution < -0.4 is 10.2 Å². The zero-order chi connectivity index (χ0) is 24.8. The lowest BCUT2D eigenvalue weighted by Crippen LogP contribution is -2.32. The van der Waals surface area contributed by atoms with Crippen molar-refractivity contribution in [3.8, 4) is 11.1 Å². The predicted molar refractivity (Wildman–Crippen MR) is 134 cm³/mol. The highest BCUT2D eigenvalue weighted by molar-refractivity contribution is 6.06. The summed E-state index contributed by atoms with van der Waals surface area (Å²) < 4.78 is 0. The van der Waals surface area contributed by atoms with Crippen LogP contribution in [0.2, 0.25) is 0 Å². The van der Waals surface area contributed by atoms with Crippen molar-refractivity contribution in [1.29, 1.82) is 0 Å². The van der Waals surface area contributed by atoms with E-state index < -0.39 is 0 Å². The van der Waals surface area contributed by atoms with Crippen LogP contribution in [-0.4, -0.2) is 38.3 Å². The van der Waals surface area contributed by atoms with Crippen LogP contribution in [0, 0.1) is 6.92 Å². The summed E-state index contributed by atoms with van der Waals surface area (Å²) in [4.78, 5) is 44.6. The molecule has 0 saturated carbocycles. The van der Waals surface area contributed by atoms with Gasteiger partial charge in [-0.15, -0.1) is 0 Å². The summed E-state index contributed by atoms with van der Waals surface area (Å²) in [5.41, 5.74) is 4.81. The zero-order valence-corrected chi connectivity index (χ0v) is 19.8. The van der Waals surface area contributed by atoms with E-state index in [1.165, 1.54) is 18.6 Å². The second kappa shape index (κ2) is 10.6. The van der Waals surface area contributed by atoms with Gasteiger partial charge in [0.2, 0.25) is 0 Å². The molecule has 8 heteroatoms. The summed E-state index contributed by atoms with van der Waals surface area (Å²) in [6.07, 6.45) is 9.24. The average Bonchev–Trinajstić information content (AvgIpc) is 2.90. The van der Waals surface area contributed by atoms with Crippen LogP contribution in [0.3, 0.4) is 0 Å². The molecule has 0 saturated heterocycles. The van der Waals surface area contributed by atoms with Crippen LogP contribution in [0.25, 0.3) is 11.1 Å². The van der Waals surface area contributed by atoms with E-state index in [4.69, 9.17) is 0 Å². The Kier molecular flexibility index (Phi) is 7.21. The van der Waals surface area contributed by atoms with Crippen molar-refractivity contribution in [2.45, 2.75) is 26.8 Å². The fourth-order valence-electron chi connectivity index (χ4n) is 3.69. The number of anilines is 1. The monoisotopic (exact) mass is 466 g/mol. The third kappa shape index (κ3) is 5.55. The molecule has 2 aromatic heterocycles. The predicted octanol–water partition coefficient (Wildman–Crippen LogP) is 4.40. The fraction of sp³-hybridized carbons (Fsp3) is 0.185. The summed E-state index contributed by atoms with van der Waals surface area (Å²) in [6.45, 7) is 6.14. The van der Waals surface area contributed by atoms with E-state index in [-0.39, 0.29) is 23.6 Å². The van der Waals surface area contributed by atoms with E-state index in [0.717, 1.165) is 16.7 Å². The minimum absolute atomic E-state index is 0.234. The zero-order valence-electron chi connectivity index (χ0n) is 19.8. The lowest BCUT2D eigenvalue weighted by molar-refractivity contribution is 0.0936. The van der Waals surface area contributed by atoms with Crippen molar-refractivity contribution in [2.75, 3.05) is 11.4 Å². The quantitative estimate of drug-likeness (QED) is 0.433. The summed E-state index contributed by atoms with van der Waals surface area (Å²) in [6, 6.07) is 13.1. The number of amides is 2. The molecule has 0 aliphatic rings. The first kappa shape index (κ1) is 23.7. The molecule has 0 bridgehead atoms. The maximum Gasteiger partial charge on any atom is 0.278 e. The first-order chi connectivity index (χ1) is 17.0. The number of hydrogen-bond acceptors (Lipinski definition) is 6. The number of carbonyl (C=O) groups is 2. The standard InChI is InChI=1S/C27H26N6O2/c1-4-33(27(35)25-17-29-10-12-31-25)23-14-21(20-7-5-18(2)6-8-20)13-22(15-23)26(34)32-19(3)24-16-28-9-11-30-24/h5-17,19H,4H2,1-3H3,(H,32,34). The smallest absolute Gasteiger partial charge is 0.278 e. The Balaban J connectivity index is 1.73. The maximum atomic E-state index is 13.3. The van der Waals surface area contributed by atoms with Crippen LogP contribution in [0.1, 0.15) is 52.0 Å². The van der Waals surface area contributed by atoms with Crippen molar-refractivity contribution < 1.29 is 9.59 Å². The number of hydrogen-bond donors (Lipinski definition) is 1. The van der Waals surface area contributed by atoms with Gasteiger partial charge in [0.05, 0.1) is 24.1 Å². The molecular weight excluding hydrogens is 440 g/mol. The van der Waals surface area contributed by atoms with Gasteiger partial charge in [0.25, 0.3) is 11.8 Å².